The highest BCUT2D eigenvalue weighted by Crippen LogP contribution is 2.23. The van der Waals surface area contributed by atoms with Crippen LogP contribution in [0.1, 0.15) is 36.5 Å². The summed E-state index contributed by atoms with van der Waals surface area (Å²) in [7, 11) is 0. The maximum atomic E-state index is 6.24. The average molecular weight is 240 g/mol. The maximum Gasteiger partial charge on any atom is 0.0440 e. The molecule has 0 aliphatic carbocycles. The van der Waals surface area contributed by atoms with E-state index in [1.165, 1.54) is 23.1 Å². The van der Waals surface area contributed by atoms with Crippen LogP contribution in [0.15, 0.2) is 12.1 Å². The van der Waals surface area contributed by atoms with Crippen molar-refractivity contribution in [3.05, 3.63) is 33.8 Å². The Morgan fingerprint density at radius 2 is 1.81 bits per heavy atom. The SMILES string of the molecule is Cc1cc(Cl)c(CCC(C)CCN)cc1C. The third-order valence-electron chi connectivity index (χ3n) is 3.23. The lowest BCUT2D eigenvalue weighted by atomic mass is 9.96. The second kappa shape index (κ2) is 6.27. The summed E-state index contributed by atoms with van der Waals surface area (Å²) in [5.74, 6) is 0.683. The molecule has 0 heterocycles. The molecule has 2 heteroatoms. The number of hydrogen-bond donors (Lipinski definition) is 1. The summed E-state index contributed by atoms with van der Waals surface area (Å²) in [5.41, 5.74) is 9.41. The van der Waals surface area contributed by atoms with Crippen molar-refractivity contribution in [2.75, 3.05) is 6.54 Å². The average Bonchev–Trinajstić information content (AvgIpc) is 2.22. The highest BCUT2D eigenvalue weighted by Gasteiger charge is 2.06. The van der Waals surface area contributed by atoms with E-state index in [2.05, 4.69) is 32.9 Å². The quantitative estimate of drug-likeness (QED) is 0.829. The van der Waals surface area contributed by atoms with Crippen LogP contribution in [0.4, 0.5) is 0 Å². The smallest absolute Gasteiger partial charge is 0.0440 e. The van der Waals surface area contributed by atoms with Crippen LogP contribution in [-0.2, 0) is 6.42 Å². The predicted octanol–water partition coefficient (Wildman–Crippen LogP) is 3.87. The molecule has 1 aromatic rings. The van der Waals surface area contributed by atoms with Crippen LogP contribution in [0.2, 0.25) is 5.02 Å². The molecule has 0 spiro atoms. The van der Waals surface area contributed by atoms with E-state index in [4.69, 9.17) is 17.3 Å². The van der Waals surface area contributed by atoms with Gasteiger partial charge in [-0.3, -0.25) is 0 Å². The largest absolute Gasteiger partial charge is 0.330 e. The Bertz CT molecular complexity index is 347. The molecule has 0 aromatic heterocycles. The molecule has 1 nitrogen and oxygen atoms in total. The fourth-order valence-electron chi connectivity index (χ4n) is 1.86. The summed E-state index contributed by atoms with van der Waals surface area (Å²) < 4.78 is 0. The first-order valence-electron chi connectivity index (χ1n) is 6.00. The fraction of sp³-hybridized carbons (Fsp3) is 0.571. The Morgan fingerprint density at radius 1 is 1.19 bits per heavy atom. The summed E-state index contributed by atoms with van der Waals surface area (Å²) in [4.78, 5) is 0. The Balaban J connectivity index is 2.63. The van der Waals surface area contributed by atoms with Crippen molar-refractivity contribution < 1.29 is 0 Å². The fourth-order valence-corrected chi connectivity index (χ4v) is 2.18. The van der Waals surface area contributed by atoms with Gasteiger partial charge in [-0.05, 0) is 68.3 Å². The molecule has 0 saturated heterocycles. The lowest BCUT2D eigenvalue weighted by Crippen LogP contribution is -2.06. The van der Waals surface area contributed by atoms with E-state index < -0.39 is 0 Å². The van der Waals surface area contributed by atoms with Gasteiger partial charge in [-0.15, -0.1) is 0 Å². The van der Waals surface area contributed by atoms with Crippen molar-refractivity contribution >= 4 is 11.6 Å². The molecular formula is C14H22ClN. The summed E-state index contributed by atoms with van der Waals surface area (Å²) in [6.07, 6.45) is 3.32. The van der Waals surface area contributed by atoms with Gasteiger partial charge in [-0.1, -0.05) is 24.6 Å². The number of benzene rings is 1. The van der Waals surface area contributed by atoms with Gasteiger partial charge in [-0.2, -0.15) is 0 Å². The van der Waals surface area contributed by atoms with Crippen LogP contribution < -0.4 is 5.73 Å². The first-order valence-corrected chi connectivity index (χ1v) is 6.38. The minimum atomic E-state index is 0.683. The summed E-state index contributed by atoms with van der Waals surface area (Å²) in [6, 6.07) is 4.28. The van der Waals surface area contributed by atoms with Crippen LogP contribution in [0.5, 0.6) is 0 Å². The second-order valence-corrected chi connectivity index (χ2v) is 5.16. The van der Waals surface area contributed by atoms with Crippen molar-refractivity contribution in [3.8, 4) is 0 Å². The zero-order valence-corrected chi connectivity index (χ0v) is 11.3. The van der Waals surface area contributed by atoms with Crippen molar-refractivity contribution in [1.82, 2.24) is 0 Å². The minimum Gasteiger partial charge on any atom is -0.330 e. The monoisotopic (exact) mass is 239 g/mol. The lowest BCUT2D eigenvalue weighted by molar-refractivity contribution is 0.500. The molecule has 0 amide bonds. The number of hydrogen-bond acceptors (Lipinski definition) is 1. The molecule has 16 heavy (non-hydrogen) atoms. The lowest BCUT2D eigenvalue weighted by Gasteiger charge is -2.12. The van der Waals surface area contributed by atoms with Gasteiger partial charge in [0.1, 0.15) is 0 Å². The van der Waals surface area contributed by atoms with E-state index in [0.29, 0.717) is 5.92 Å². The Kier molecular flexibility index (Phi) is 5.30. The van der Waals surface area contributed by atoms with Crippen LogP contribution in [0.25, 0.3) is 0 Å². The standard InChI is InChI=1S/C14H22ClN/c1-10(6-7-16)4-5-13-8-11(2)12(3)9-14(13)15/h8-10H,4-7,16H2,1-3H3. The van der Waals surface area contributed by atoms with Crippen LogP contribution >= 0.6 is 11.6 Å². The maximum absolute atomic E-state index is 6.24. The highest BCUT2D eigenvalue weighted by molar-refractivity contribution is 6.31. The minimum absolute atomic E-state index is 0.683. The van der Waals surface area contributed by atoms with Gasteiger partial charge in [0.15, 0.2) is 0 Å². The van der Waals surface area contributed by atoms with Crippen LogP contribution in [0, 0.1) is 19.8 Å². The summed E-state index contributed by atoms with van der Waals surface area (Å²) in [5, 5.41) is 0.906. The van der Waals surface area contributed by atoms with Gasteiger partial charge in [0, 0.05) is 5.02 Å². The van der Waals surface area contributed by atoms with E-state index in [0.717, 1.165) is 24.4 Å². The molecule has 1 unspecified atom stereocenters. The third-order valence-corrected chi connectivity index (χ3v) is 3.58. The van der Waals surface area contributed by atoms with E-state index in [-0.39, 0.29) is 0 Å². The first-order chi connectivity index (χ1) is 7.54. The molecule has 90 valence electrons. The zero-order valence-electron chi connectivity index (χ0n) is 10.5. The molecule has 0 bridgehead atoms. The molecule has 1 atom stereocenters. The molecule has 1 rings (SSSR count). The molecule has 2 N–H and O–H groups in total. The molecule has 0 radical (unpaired) electrons. The van der Waals surface area contributed by atoms with Crippen molar-refractivity contribution in [2.24, 2.45) is 11.7 Å². The van der Waals surface area contributed by atoms with Gasteiger partial charge in [0.25, 0.3) is 0 Å². The van der Waals surface area contributed by atoms with E-state index >= 15 is 0 Å². The Hall–Kier alpha value is -0.530. The van der Waals surface area contributed by atoms with Crippen LogP contribution in [-0.4, -0.2) is 6.54 Å². The normalized spacial score (nSPS) is 12.8. The summed E-state index contributed by atoms with van der Waals surface area (Å²) in [6.45, 7) is 7.27. The van der Waals surface area contributed by atoms with Gasteiger partial charge < -0.3 is 5.73 Å². The Morgan fingerprint density at radius 3 is 2.44 bits per heavy atom. The second-order valence-electron chi connectivity index (χ2n) is 4.75. The third kappa shape index (κ3) is 3.80. The van der Waals surface area contributed by atoms with Crippen molar-refractivity contribution in [1.29, 1.82) is 0 Å². The highest BCUT2D eigenvalue weighted by atomic mass is 35.5. The number of rotatable bonds is 5. The van der Waals surface area contributed by atoms with Gasteiger partial charge in [0.2, 0.25) is 0 Å². The summed E-state index contributed by atoms with van der Waals surface area (Å²) >= 11 is 6.24. The molecule has 0 saturated carbocycles. The van der Waals surface area contributed by atoms with Crippen LogP contribution in [0.3, 0.4) is 0 Å². The first kappa shape index (κ1) is 13.5. The van der Waals surface area contributed by atoms with E-state index in [1.54, 1.807) is 0 Å². The number of nitrogens with two attached hydrogens (primary N) is 1. The predicted molar refractivity (Wildman–Crippen MR) is 72.1 cm³/mol. The van der Waals surface area contributed by atoms with Crippen molar-refractivity contribution in [2.45, 2.75) is 40.0 Å². The van der Waals surface area contributed by atoms with Gasteiger partial charge in [0.05, 0.1) is 0 Å². The molecule has 0 fully saturated rings. The molecule has 0 aliphatic heterocycles. The zero-order chi connectivity index (χ0) is 12.1. The number of aryl methyl sites for hydroxylation is 3. The van der Waals surface area contributed by atoms with Gasteiger partial charge >= 0.3 is 0 Å². The van der Waals surface area contributed by atoms with E-state index in [1.807, 2.05) is 0 Å². The molecular weight excluding hydrogens is 218 g/mol. The number of halogens is 1. The topological polar surface area (TPSA) is 26.0 Å². The van der Waals surface area contributed by atoms with E-state index in [9.17, 15) is 0 Å². The molecule has 0 aliphatic rings. The Labute approximate surface area is 104 Å². The molecule has 1 aromatic carbocycles. The van der Waals surface area contributed by atoms with Crippen molar-refractivity contribution in [3.63, 3.8) is 0 Å². The van der Waals surface area contributed by atoms with Gasteiger partial charge in [-0.25, -0.2) is 0 Å².